The van der Waals surface area contributed by atoms with Crippen molar-refractivity contribution in [1.82, 2.24) is 4.98 Å². The second-order valence-electron chi connectivity index (χ2n) is 4.09. The van der Waals surface area contributed by atoms with E-state index in [4.69, 9.17) is 9.84 Å². The van der Waals surface area contributed by atoms with Gasteiger partial charge in [0, 0.05) is 6.20 Å². The summed E-state index contributed by atoms with van der Waals surface area (Å²) in [4.78, 5) is 14.8. The van der Waals surface area contributed by atoms with Crippen LogP contribution in [0.4, 0.5) is 0 Å². The Morgan fingerprint density at radius 3 is 2.68 bits per heavy atom. The molecule has 0 spiro atoms. The minimum Gasteiger partial charge on any atom is -0.487 e. The van der Waals surface area contributed by atoms with Crippen LogP contribution in [-0.2, 0) is 13.0 Å². The van der Waals surface area contributed by atoms with Crippen LogP contribution in [0.3, 0.4) is 0 Å². The molecule has 0 fully saturated rings. The number of rotatable bonds is 5. The number of aryl methyl sites for hydroxylation is 1. The van der Waals surface area contributed by atoms with Crippen molar-refractivity contribution in [3.63, 3.8) is 0 Å². The van der Waals surface area contributed by atoms with Crippen molar-refractivity contribution < 1.29 is 14.6 Å². The van der Waals surface area contributed by atoms with Crippen molar-refractivity contribution >= 4 is 5.97 Å². The Labute approximate surface area is 111 Å². The number of para-hydroxylation sites is 1. The van der Waals surface area contributed by atoms with Crippen molar-refractivity contribution in [3.05, 3.63) is 59.4 Å². The summed E-state index contributed by atoms with van der Waals surface area (Å²) in [6, 6.07) is 11.0. The van der Waals surface area contributed by atoms with E-state index >= 15 is 0 Å². The Hall–Kier alpha value is -2.36. The van der Waals surface area contributed by atoms with Gasteiger partial charge in [0.2, 0.25) is 0 Å². The van der Waals surface area contributed by atoms with Gasteiger partial charge < -0.3 is 9.84 Å². The Morgan fingerprint density at radius 1 is 1.26 bits per heavy atom. The summed E-state index contributed by atoms with van der Waals surface area (Å²) >= 11 is 0. The van der Waals surface area contributed by atoms with Crippen molar-refractivity contribution in [2.24, 2.45) is 0 Å². The lowest BCUT2D eigenvalue weighted by atomic mass is 10.1. The van der Waals surface area contributed by atoms with E-state index in [1.165, 1.54) is 12.3 Å². The SMILES string of the molecule is CCc1ccccc1OCc1ccc(C(=O)O)cn1. The molecule has 0 saturated heterocycles. The molecule has 1 aromatic heterocycles. The first-order valence-electron chi connectivity index (χ1n) is 6.09. The second kappa shape index (κ2) is 6.00. The van der Waals surface area contributed by atoms with E-state index < -0.39 is 5.97 Å². The van der Waals surface area contributed by atoms with Gasteiger partial charge in [-0.2, -0.15) is 0 Å². The summed E-state index contributed by atoms with van der Waals surface area (Å²) in [5, 5.41) is 8.78. The first kappa shape index (κ1) is 13.1. The molecule has 1 heterocycles. The smallest absolute Gasteiger partial charge is 0.337 e. The lowest BCUT2D eigenvalue weighted by molar-refractivity contribution is 0.0696. The molecule has 1 N–H and O–H groups in total. The maximum atomic E-state index is 10.7. The zero-order valence-electron chi connectivity index (χ0n) is 10.7. The van der Waals surface area contributed by atoms with Gasteiger partial charge in [-0.1, -0.05) is 25.1 Å². The molecule has 0 aliphatic heterocycles. The van der Waals surface area contributed by atoms with Crippen LogP contribution in [0.5, 0.6) is 5.75 Å². The summed E-state index contributed by atoms with van der Waals surface area (Å²) < 4.78 is 5.70. The molecule has 4 nitrogen and oxygen atoms in total. The van der Waals surface area contributed by atoms with Gasteiger partial charge in [0.05, 0.1) is 11.3 Å². The van der Waals surface area contributed by atoms with E-state index in [9.17, 15) is 4.79 Å². The summed E-state index contributed by atoms with van der Waals surface area (Å²) in [5.41, 5.74) is 2.03. The molecule has 0 radical (unpaired) electrons. The van der Waals surface area contributed by atoms with Gasteiger partial charge in [0.1, 0.15) is 12.4 Å². The highest BCUT2D eigenvalue weighted by molar-refractivity contribution is 5.87. The van der Waals surface area contributed by atoms with Crippen LogP contribution in [-0.4, -0.2) is 16.1 Å². The summed E-state index contributed by atoms with van der Waals surface area (Å²) in [6.07, 6.45) is 2.24. The molecule has 0 bridgehead atoms. The zero-order valence-corrected chi connectivity index (χ0v) is 10.7. The molecular formula is C15H15NO3. The minimum atomic E-state index is -0.976. The average molecular weight is 257 g/mol. The molecule has 1 aromatic carbocycles. The summed E-state index contributed by atoms with van der Waals surface area (Å²) in [6.45, 7) is 2.40. The predicted molar refractivity (Wildman–Crippen MR) is 71.3 cm³/mol. The highest BCUT2D eigenvalue weighted by Gasteiger charge is 2.05. The molecule has 0 aliphatic carbocycles. The highest BCUT2D eigenvalue weighted by Crippen LogP contribution is 2.19. The van der Waals surface area contributed by atoms with Crippen LogP contribution in [0.2, 0.25) is 0 Å². The number of nitrogens with zero attached hydrogens (tertiary/aromatic N) is 1. The van der Waals surface area contributed by atoms with E-state index in [0.29, 0.717) is 12.3 Å². The lowest BCUT2D eigenvalue weighted by Gasteiger charge is -2.09. The second-order valence-corrected chi connectivity index (χ2v) is 4.09. The van der Waals surface area contributed by atoms with Crippen LogP contribution in [0.15, 0.2) is 42.6 Å². The van der Waals surface area contributed by atoms with E-state index in [1.807, 2.05) is 24.3 Å². The van der Waals surface area contributed by atoms with Crippen molar-refractivity contribution in [1.29, 1.82) is 0 Å². The third-order valence-corrected chi connectivity index (χ3v) is 2.80. The first-order chi connectivity index (χ1) is 9.20. The van der Waals surface area contributed by atoms with E-state index in [1.54, 1.807) is 6.07 Å². The summed E-state index contributed by atoms with van der Waals surface area (Å²) in [5.74, 6) is -0.134. The number of carbonyl (C=O) groups is 1. The highest BCUT2D eigenvalue weighted by atomic mass is 16.5. The van der Waals surface area contributed by atoms with Crippen LogP contribution in [0.25, 0.3) is 0 Å². The number of carboxylic acid groups (broad SMARTS) is 1. The van der Waals surface area contributed by atoms with Crippen LogP contribution >= 0.6 is 0 Å². The maximum Gasteiger partial charge on any atom is 0.337 e. The molecule has 0 unspecified atom stereocenters. The number of ether oxygens (including phenoxy) is 1. The Kier molecular flexibility index (Phi) is 4.13. The van der Waals surface area contributed by atoms with Crippen molar-refractivity contribution in [2.45, 2.75) is 20.0 Å². The number of aromatic nitrogens is 1. The number of aromatic carboxylic acids is 1. The molecule has 0 saturated carbocycles. The van der Waals surface area contributed by atoms with E-state index in [-0.39, 0.29) is 5.56 Å². The van der Waals surface area contributed by atoms with E-state index in [2.05, 4.69) is 11.9 Å². The molecule has 19 heavy (non-hydrogen) atoms. The Balaban J connectivity index is 2.04. The predicted octanol–water partition coefficient (Wildman–Crippen LogP) is 2.92. The van der Waals surface area contributed by atoms with Crippen molar-refractivity contribution in [2.75, 3.05) is 0 Å². The van der Waals surface area contributed by atoms with E-state index in [0.717, 1.165) is 17.7 Å². The third-order valence-electron chi connectivity index (χ3n) is 2.80. The van der Waals surface area contributed by atoms with Crippen LogP contribution in [0.1, 0.15) is 28.5 Å². The third kappa shape index (κ3) is 3.31. The van der Waals surface area contributed by atoms with Crippen LogP contribution < -0.4 is 4.74 Å². The van der Waals surface area contributed by atoms with Gasteiger partial charge in [0.25, 0.3) is 0 Å². The van der Waals surface area contributed by atoms with Gasteiger partial charge in [-0.3, -0.25) is 4.98 Å². The zero-order chi connectivity index (χ0) is 13.7. The Morgan fingerprint density at radius 2 is 2.05 bits per heavy atom. The fourth-order valence-corrected chi connectivity index (χ4v) is 1.72. The number of hydrogen-bond donors (Lipinski definition) is 1. The maximum absolute atomic E-state index is 10.7. The van der Waals surface area contributed by atoms with Crippen LogP contribution in [0, 0.1) is 0 Å². The molecule has 98 valence electrons. The normalized spacial score (nSPS) is 10.2. The average Bonchev–Trinajstić information content (AvgIpc) is 2.45. The molecule has 2 aromatic rings. The minimum absolute atomic E-state index is 0.178. The van der Waals surface area contributed by atoms with Gasteiger partial charge in [-0.25, -0.2) is 4.79 Å². The Bertz CT molecular complexity index is 564. The molecule has 0 atom stereocenters. The number of pyridine rings is 1. The molecule has 0 aliphatic rings. The number of hydrogen-bond acceptors (Lipinski definition) is 3. The summed E-state index contributed by atoms with van der Waals surface area (Å²) in [7, 11) is 0. The standard InChI is InChI=1S/C15H15NO3/c1-2-11-5-3-4-6-14(11)19-10-13-8-7-12(9-16-13)15(17)18/h3-9H,2,10H2,1H3,(H,17,18). The molecule has 2 rings (SSSR count). The monoisotopic (exact) mass is 257 g/mol. The first-order valence-corrected chi connectivity index (χ1v) is 6.09. The van der Waals surface area contributed by atoms with Gasteiger partial charge in [-0.15, -0.1) is 0 Å². The largest absolute Gasteiger partial charge is 0.487 e. The molecular weight excluding hydrogens is 242 g/mol. The van der Waals surface area contributed by atoms with Gasteiger partial charge >= 0.3 is 5.97 Å². The molecule has 0 amide bonds. The van der Waals surface area contributed by atoms with Crippen molar-refractivity contribution in [3.8, 4) is 5.75 Å². The quantitative estimate of drug-likeness (QED) is 0.894. The topological polar surface area (TPSA) is 59.4 Å². The molecule has 4 heteroatoms. The fourth-order valence-electron chi connectivity index (χ4n) is 1.72. The fraction of sp³-hybridized carbons (Fsp3) is 0.200. The van der Waals surface area contributed by atoms with Gasteiger partial charge in [-0.05, 0) is 30.2 Å². The number of benzene rings is 1. The lowest BCUT2D eigenvalue weighted by Crippen LogP contribution is -2.02. The number of carboxylic acids is 1. The van der Waals surface area contributed by atoms with Gasteiger partial charge in [0.15, 0.2) is 0 Å².